The fourth-order valence-electron chi connectivity index (χ4n) is 1.97. The van der Waals surface area contributed by atoms with Gasteiger partial charge in [-0.3, -0.25) is 4.98 Å². The number of pyridine rings is 1. The van der Waals surface area contributed by atoms with Crippen LogP contribution in [0.2, 0.25) is 0 Å². The zero-order valence-electron chi connectivity index (χ0n) is 9.38. The van der Waals surface area contributed by atoms with Crippen molar-refractivity contribution in [1.82, 2.24) is 4.98 Å². The summed E-state index contributed by atoms with van der Waals surface area (Å²) in [4.78, 5) is 3.73. The van der Waals surface area contributed by atoms with E-state index in [1.807, 2.05) is 24.3 Å². The SMILES string of the molecule is OC(c1cncc(F)c1)c1coc2ccccc12. The van der Waals surface area contributed by atoms with Gasteiger partial charge in [-0.1, -0.05) is 18.2 Å². The summed E-state index contributed by atoms with van der Waals surface area (Å²) in [6.07, 6.45) is 3.08. The molecule has 0 amide bonds. The van der Waals surface area contributed by atoms with E-state index in [1.165, 1.54) is 18.5 Å². The van der Waals surface area contributed by atoms with Gasteiger partial charge in [-0.2, -0.15) is 0 Å². The van der Waals surface area contributed by atoms with E-state index in [0.29, 0.717) is 16.7 Å². The Balaban J connectivity index is 2.09. The number of aliphatic hydroxyl groups excluding tert-OH is 1. The molecule has 3 rings (SSSR count). The molecule has 1 aromatic carbocycles. The lowest BCUT2D eigenvalue weighted by Crippen LogP contribution is -2.00. The molecule has 90 valence electrons. The van der Waals surface area contributed by atoms with Crippen molar-refractivity contribution in [2.45, 2.75) is 6.10 Å². The molecule has 3 nitrogen and oxygen atoms in total. The first-order chi connectivity index (χ1) is 8.75. The van der Waals surface area contributed by atoms with Crippen LogP contribution in [-0.2, 0) is 0 Å². The maximum atomic E-state index is 13.1. The van der Waals surface area contributed by atoms with Crippen LogP contribution >= 0.6 is 0 Å². The lowest BCUT2D eigenvalue weighted by atomic mass is 10.0. The van der Waals surface area contributed by atoms with Crippen LogP contribution in [-0.4, -0.2) is 10.1 Å². The third-order valence-corrected chi connectivity index (χ3v) is 2.85. The Bertz CT molecular complexity index is 693. The molecule has 0 fully saturated rings. The molecule has 0 saturated carbocycles. The Morgan fingerprint density at radius 1 is 1.22 bits per heavy atom. The number of aliphatic hydroxyl groups is 1. The van der Waals surface area contributed by atoms with Gasteiger partial charge in [0.1, 0.15) is 17.5 Å². The highest BCUT2D eigenvalue weighted by Crippen LogP contribution is 2.30. The molecule has 1 atom stereocenters. The lowest BCUT2D eigenvalue weighted by Gasteiger charge is -2.08. The molecule has 2 heterocycles. The molecule has 0 aliphatic carbocycles. The number of hydrogen-bond acceptors (Lipinski definition) is 3. The van der Waals surface area contributed by atoms with E-state index in [4.69, 9.17) is 4.42 Å². The Hall–Kier alpha value is -2.20. The maximum Gasteiger partial charge on any atom is 0.141 e. The van der Waals surface area contributed by atoms with Crippen molar-refractivity contribution in [3.63, 3.8) is 0 Å². The molecule has 1 unspecified atom stereocenters. The second-order valence-electron chi connectivity index (χ2n) is 4.03. The second kappa shape index (κ2) is 4.23. The number of fused-ring (bicyclic) bond motifs is 1. The number of nitrogens with zero attached hydrogens (tertiary/aromatic N) is 1. The van der Waals surface area contributed by atoms with Gasteiger partial charge in [0, 0.05) is 22.7 Å². The fraction of sp³-hybridized carbons (Fsp3) is 0.0714. The molecule has 0 spiro atoms. The standard InChI is InChI=1S/C14H10FNO2/c15-10-5-9(6-16-7-10)14(17)12-8-18-13-4-2-1-3-11(12)13/h1-8,14,17H. The minimum atomic E-state index is -0.947. The van der Waals surface area contributed by atoms with E-state index >= 15 is 0 Å². The molecule has 3 aromatic rings. The van der Waals surface area contributed by atoms with Crippen molar-refractivity contribution >= 4 is 11.0 Å². The van der Waals surface area contributed by atoms with E-state index in [9.17, 15) is 9.50 Å². The molecule has 0 saturated heterocycles. The first-order valence-electron chi connectivity index (χ1n) is 5.50. The number of halogens is 1. The van der Waals surface area contributed by atoms with Crippen LogP contribution in [0.4, 0.5) is 4.39 Å². The summed E-state index contributed by atoms with van der Waals surface area (Å²) in [6, 6.07) is 8.64. The molecule has 1 N–H and O–H groups in total. The molecule has 2 aromatic heterocycles. The molecule has 0 aliphatic rings. The van der Waals surface area contributed by atoms with E-state index in [1.54, 1.807) is 0 Å². The van der Waals surface area contributed by atoms with Gasteiger partial charge >= 0.3 is 0 Å². The summed E-state index contributed by atoms with van der Waals surface area (Å²) in [7, 11) is 0. The van der Waals surface area contributed by atoms with Crippen LogP contribution in [0.15, 0.2) is 53.4 Å². The number of benzene rings is 1. The van der Waals surface area contributed by atoms with Gasteiger partial charge < -0.3 is 9.52 Å². The van der Waals surface area contributed by atoms with Gasteiger partial charge in [-0.25, -0.2) is 4.39 Å². The van der Waals surface area contributed by atoms with Gasteiger partial charge in [0.15, 0.2) is 0 Å². The van der Waals surface area contributed by atoms with E-state index in [2.05, 4.69) is 4.98 Å². The third-order valence-electron chi connectivity index (χ3n) is 2.85. The minimum absolute atomic E-state index is 0.404. The molecule has 4 heteroatoms. The largest absolute Gasteiger partial charge is 0.464 e. The van der Waals surface area contributed by atoms with Gasteiger partial charge in [0.2, 0.25) is 0 Å². The van der Waals surface area contributed by atoms with Crippen LogP contribution in [0.5, 0.6) is 0 Å². The molecule has 0 aliphatic heterocycles. The van der Waals surface area contributed by atoms with Gasteiger partial charge in [-0.15, -0.1) is 0 Å². The average Bonchev–Trinajstić information content (AvgIpc) is 2.82. The van der Waals surface area contributed by atoms with Crippen molar-refractivity contribution in [2.75, 3.05) is 0 Å². The van der Waals surface area contributed by atoms with Gasteiger partial charge in [0.05, 0.1) is 12.5 Å². The number of furan rings is 1. The van der Waals surface area contributed by atoms with Crippen molar-refractivity contribution in [1.29, 1.82) is 0 Å². The normalized spacial score (nSPS) is 12.8. The highest BCUT2D eigenvalue weighted by atomic mass is 19.1. The smallest absolute Gasteiger partial charge is 0.141 e. The van der Waals surface area contributed by atoms with Crippen LogP contribution in [0.25, 0.3) is 11.0 Å². The van der Waals surface area contributed by atoms with Crippen LogP contribution in [0, 0.1) is 5.82 Å². The topological polar surface area (TPSA) is 46.3 Å². The number of aromatic nitrogens is 1. The van der Waals surface area contributed by atoms with Crippen LogP contribution in [0.1, 0.15) is 17.2 Å². The van der Waals surface area contributed by atoms with Crippen molar-refractivity contribution in [3.05, 3.63) is 65.9 Å². The summed E-state index contributed by atoms with van der Waals surface area (Å²) in [5.74, 6) is -0.473. The molecular formula is C14H10FNO2. The molecule has 18 heavy (non-hydrogen) atoms. The zero-order chi connectivity index (χ0) is 12.5. The number of rotatable bonds is 2. The molecule has 0 radical (unpaired) electrons. The Morgan fingerprint density at radius 2 is 2.06 bits per heavy atom. The lowest BCUT2D eigenvalue weighted by molar-refractivity contribution is 0.219. The van der Waals surface area contributed by atoms with E-state index in [0.717, 1.165) is 11.6 Å². The van der Waals surface area contributed by atoms with Gasteiger partial charge in [0.25, 0.3) is 0 Å². The Kier molecular flexibility index (Phi) is 2.57. The quantitative estimate of drug-likeness (QED) is 0.752. The Morgan fingerprint density at radius 3 is 2.89 bits per heavy atom. The number of hydrogen-bond donors (Lipinski definition) is 1. The summed E-state index contributed by atoms with van der Waals surface area (Å²) < 4.78 is 18.4. The third kappa shape index (κ3) is 1.76. The zero-order valence-corrected chi connectivity index (χ0v) is 9.38. The second-order valence-corrected chi connectivity index (χ2v) is 4.03. The minimum Gasteiger partial charge on any atom is -0.464 e. The van der Waals surface area contributed by atoms with Gasteiger partial charge in [-0.05, 0) is 12.1 Å². The fourth-order valence-corrected chi connectivity index (χ4v) is 1.97. The summed E-state index contributed by atoms with van der Waals surface area (Å²) in [5, 5.41) is 11.1. The summed E-state index contributed by atoms with van der Waals surface area (Å²) in [5.41, 5.74) is 1.70. The van der Waals surface area contributed by atoms with Crippen LogP contribution < -0.4 is 0 Å². The predicted molar refractivity (Wildman–Crippen MR) is 64.5 cm³/mol. The van der Waals surface area contributed by atoms with Crippen LogP contribution in [0.3, 0.4) is 0 Å². The molecular weight excluding hydrogens is 233 g/mol. The monoisotopic (exact) mass is 243 g/mol. The number of para-hydroxylation sites is 1. The van der Waals surface area contributed by atoms with E-state index in [-0.39, 0.29) is 0 Å². The first-order valence-corrected chi connectivity index (χ1v) is 5.50. The highest BCUT2D eigenvalue weighted by Gasteiger charge is 2.16. The average molecular weight is 243 g/mol. The first kappa shape index (κ1) is 10.9. The van der Waals surface area contributed by atoms with E-state index < -0.39 is 11.9 Å². The summed E-state index contributed by atoms with van der Waals surface area (Å²) >= 11 is 0. The Labute approximate surface area is 103 Å². The summed E-state index contributed by atoms with van der Waals surface area (Å²) in [6.45, 7) is 0. The van der Waals surface area contributed by atoms with Crippen molar-refractivity contribution < 1.29 is 13.9 Å². The van der Waals surface area contributed by atoms with Crippen molar-refractivity contribution in [3.8, 4) is 0 Å². The highest BCUT2D eigenvalue weighted by molar-refractivity contribution is 5.81. The van der Waals surface area contributed by atoms with Crippen molar-refractivity contribution in [2.24, 2.45) is 0 Å². The maximum absolute atomic E-state index is 13.1. The predicted octanol–water partition coefficient (Wildman–Crippen LogP) is 3.05. The molecule has 0 bridgehead atoms.